The van der Waals surface area contributed by atoms with Crippen molar-refractivity contribution >= 4 is 11.6 Å². The summed E-state index contributed by atoms with van der Waals surface area (Å²) in [4.78, 5) is 0. The van der Waals surface area contributed by atoms with Crippen LogP contribution in [0, 0.1) is 11.2 Å². The second-order valence-corrected chi connectivity index (χ2v) is 6.40. The topological polar surface area (TPSA) is 12.0 Å². The fourth-order valence-electron chi connectivity index (χ4n) is 2.84. The van der Waals surface area contributed by atoms with Crippen molar-refractivity contribution < 1.29 is 4.39 Å². The van der Waals surface area contributed by atoms with Crippen LogP contribution >= 0.6 is 11.6 Å². The van der Waals surface area contributed by atoms with E-state index in [1.54, 1.807) is 6.07 Å². The molecule has 0 heterocycles. The highest BCUT2D eigenvalue weighted by molar-refractivity contribution is 6.31. The van der Waals surface area contributed by atoms with Crippen LogP contribution < -0.4 is 5.32 Å². The molecule has 120 valence electrons. The van der Waals surface area contributed by atoms with Crippen molar-refractivity contribution in [3.05, 3.63) is 34.6 Å². The molecule has 21 heavy (non-hydrogen) atoms. The Balaban J connectivity index is 2.90. The number of unbranched alkanes of at least 4 members (excludes halogenated alkanes) is 1. The van der Waals surface area contributed by atoms with Crippen LogP contribution in [0.3, 0.4) is 0 Å². The van der Waals surface area contributed by atoms with Gasteiger partial charge in [0.05, 0.1) is 5.02 Å². The standard InChI is InChI=1S/C18H29ClFN/c1-4-7-11-18(6-3,14-21-12-5-2)13-15-9-8-10-16(20)17(15)19/h8-10,21H,4-7,11-14H2,1-3H3. The Morgan fingerprint density at radius 2 is 1.95 bits per heavy atom. The van der Waals surface area contributed by atoms with E-state index in [0.29, 0.717) is 5.02 Å². The Hall–Kier alpha value is -0.600. The highest BCUT2D eigenvalue weighted by Gasteiger charge is 2.28. The zero-order valence-electron chi connectivity index (χ0n) is 13.6. The first-order valence-corrected chi connectivity index (χ1v) is 8.60. The molecule has 1 aromatic rings. The Morgan fingerprint density at radius 3 is 2.57 bits per heavy atom. The van der Waals surface area contributed by atoms with Gasteiger partial charge in [0.2, 0.25) is 0 Å². The summed E-state index contributed by atoms with van der Waals surface area (Å²) in [5.41, 5.74) is 1.11. The molecule has 0 saturated heterocycles. The molecule has 0 aliphatic rings. The minimum absolute atomic E-state index is 0.169. The largest absolute Gasteiger partial charge is 0.316 e. The molecule has 0 aliphatic carbocycles. The lowest BCUT2D eigenvalue weighted by molar-refractivity contribution is 0.229. The van der Waals surface area contributed by atoms with Crippen molar-refractivity contribution in [1.82, 2.24) is 5.32 Å². The van der Waals surface area contributed by atoms with E-state index < -0.39 is 0 Å². The van der Waals surface area contributed by atoms with Crippen molar-refractivity contribution in [3.63, 3.8) is 0 Å². The molecule has 1 aromatic carbocycles. The Kier molecular flexibility index (Phi) is 8.28. The summed E-state index contributed by atoms with van der Waals surface area (Å²) in [5, 5.41) is 3.85. The highest BCUT2D eigenvalue weighted by Crippen LogP contribution is 2.35. The third-order valence-corrected chi connectivity index (χ3v) is 4.76. The molecule has 0 bridgehead atoms. The molecule has 1 rings (SSSR count). The molecule has 1 nitrogen and oxygen atoms in total. The van der Waals surface area contributed by atoms with Gasteiger partial charge in [-0.1, -0.05) is 57.3 Å². The number of hydrogen-bond acceptors (Lipinski definition) is 1. The predicted molar refractivity (Wildman–Crippen MR) is 90.5 cm³/mol. The van der Waals surface area contributed by atoms with Gasteiger partial charge in [-0.3, -0.25) is 0 Å². The first kappa shape index (κ1) is 18.4. The lowest BCUT2D eigenvalue weighted by Crippen LogP contribution is -2.36. The van der Waals surface area contributed by atoms with Crippen LogP contribution in [0.25, 0.3) is 0 Å². The maximum Gasteiger partial charge on any atom is 0.142 e. The van der Waals surface area contributed by atoms with Gasteiger partial charge in [-0.25, -0.2) is 4.39 Å². The van der Waals surface area contributed by atoms with E-state index >= 15 is 0 Å². The summed E-state index contributed by atoms with van der Waals surface area (Å²) in [6.45, 7) is 8.64. The normalized spacial score (nSPS) is 14.1. The van der Waals surface area contributed by atoms with Gasteiger partial charge in [0.1, 0.15) is 5.82 Å². The number of nitrogens with one attached hydrogen (secondary N) is 1. The number of hydrogen-bond donors (Lipinski definition) is 1. The van der Waals surface area contributed by atoms with E-state index in [1.165, 1.54) is 18.9 Å². The molecule has 1 atom stereocenters. The first-order chi connectivity index (χ1) is 10.1. The molecule has 3 heteroatoms. The lowest BCUT2D eigenvalue weighted by atomic mass is 9.75. The molecule has 0 aliphatic heterocycles. The van der Waals surface area contributed by atoms with Crippen LogP contribution in [-0.4, -0.2) is 13.1 Å². The maximum atomic E-state index is 13.7. The third kappa shape index (κ3) is 5.60. The number of halogens is 2. The minimum atomic E-state index is -0.309. The van der Waals surface area contributed by atoms with Gasteiger partial charge in [0.15, 0.2) is 0 Å². The van der Waals surface area contributed by atoms with E-state index in [-0.39, 0.29) is 11.2 Å². The SMILES string of the molecule is CCCCC(CC)(CNCCC)Cc1cccc(F)c1Cl. The smallest absolute Gasteiger partial charge is 0.142 e. The van der Waals surface area contributed by atoms with Crippen LogP contribution in [0.15, 0.2) is 18.2 Å². The van der Waals surface area contributed by atoms with Crippen molar-refractivity contribution in [2.24, 2.45) is 5.41 Å². The maximum absolute atomic E-state index is 13.7. The third-order valence-electron chi connectivity index (χ3n) is 4.33. The van der Waals surface area contributed by atoms with E-state index in [1.807, 2.05) is 6.07 Å². The molecule has 0 radical (unpaired) electrons. The lowest BCUT2D eigenvalue weighted by Gasteiger charge is -2.34. The van der Waals surface area contributed by atoms with Gasteiger partial charge in [0.25, 0.3) is 0 Å². The molecule has 1 unspecified atom stereocenters. The van der Waals surface area contributed by atoms with Gasteiger partial charge in [-0.15, -0.1) is 0 Å². The average Bonchev–Trinajstić information content (AvgIpc) is 2.49. The van der Waals surface area contributed by atoms with E-state index in [0.717, 1.165) is 44.3 Å². The van der Waals surface area contributed by atoms with E-state index in [9.17, 15) is 4.39 Å². The Morgan fingerprint density at radius 1 is 1.19 bits per heavy atom. The fraction of sp³-hybridized carbons (Fsp3) is 0.667. The minimum Gasteiger partial charge on any atom is -0.316 e. The molecular formula is C18H29ClFN. The van der Waals surface area contributed by atoms with Crippen LogP contribution in [0.4, 0.5) is 4.39 Å². The number of benzene rings is 1. The van der Waals surface area contributed by atoms with E-state index in [4.69, 9.17) is 11.6 Å². The van der Waals surface area contributed by atoms with Crippen molar-refractivity contribution in [3.8, 4) is 0 Å². The summed E-state index contributed by atoms with van der Waals surface area (Å²) < 4.78 is 13.7. The van der Waals surface area contributed by atoms with Crippen LogP contribution in [0.2, 0.25) is 5.02 Å². The summed E-state index contributed by atoms with van der Waals surface area (Å²) >= 11 is 6.16. The van der Waals surface area contributed by atoms with E-state index in [2.05, 4.69) is 26.1 Å². The van der Waals surface area contributed by atoms with Crippen LogP contribution in [-0.2, 0) is 6.42 Å². The molecule has 0 amide bonds. The van der Waals surface area contributed by atoms with Gasteiger partial charge in [-0.05, 0) is 49.3 Å². The molecule has 1 N–H and O–H groups in total. The fourth-order valence-corrected chi connectivity index (χ4v) is 3.03. The molecular weight excluding hydrogens is 285 g/mol. The van der Waals surface area contributed by atoms with Crippen LogP contribution in [0.1, 0.15) is 58.4 Å². The summed E-state index contributed by atoms with van der Waals surface area (Å²) in [6.07, 6.45) is 6.60. The Labute approximate surface area is 134 Å². The Bertz CT molecular complexity index is 422. The van der Waals surface area contributed by atoms with Gasteiger partial charge < -0.3 is 5.32 Å². The van der Waals surface area contributed by atoms with Crippen molar-refractivity contribution in [1.29, 1.82) is 0 Å². The quantitative estimate of drug-likeness (QED) is 0.554. The second-order valence-electron chi connectivity index (χ2n) is 6.02. The average molecular weight is 314 g/mol. The number of rotatable bonds is 10. The highest BCUT2D eigenvalue weighted by atomic mass is 35.5. The summed E-state index contributed by atoms with van der Waals surface area (Å²) in [6, 6.07) is 5.15. The van der Waals surface area contributed by atoms with Gasteiger partial charge >= 0.3 is 0 Å². The summed E-state index contributed by atoms with van der Waals surface area (Å²) in [7, 11) is 0. The molecule has 0 fully saturated rings. The van der Waals surface area contributed by atoms with Crippen molar-refractivity contribution in [2.75, 3.05) is 13.1 Å². The zero-order valence-corrected chi connectivity index (χ0v) is 14.4. The second kappa shape index (κ2) is 9.42. The monoisotopic (exact) mass is 313 g/mol. The molecule has 0 aromatic heterocycles. The zero-order chi connectivity index (χ0) is 15.7. The van der Waals surface area contributed by atoms with Crippen molar-refractivity contribution in [2.45, 2.75) is 59.3 Å². The molecule has 0 saturated carbocycles. The van der Waals surface area contributed by atoms with Gasteiger partial charge in [-0.2, -0.15) is 0 Å². The first-order valence-electron chi connectivity index (χ1n) is 8.22. The molecule has 0 spiro atoms. The predicted octanol–water partition coefficient (Wildman–Crippen LogP) is 5.61. The summed E-state index contributed by atoms with van der Waals surface area (Å²) in [5.74, 6) is -0.309. The van der Waals surface area contributed by atoms with Crippen LogP contribution in [0.5, 0.6) is 0 Å². The van der Waals surface area contributed by atoms with Gasteiger partial charge in [0, 0.05) is 6.54 Å².